The van der Waals surface area contributed by atoms with E-state index in [1.807, 2.05) is 0 Å². The van der Waals surface area contributed by atoms with Gasteiger partial charge in [0.2, 0.25) is 0 Å². The van der Waals surface area contributed by atoms with E-state index in [1.165, 1.54) is 61.1 Å². The highest BCUT2D eigenvalue weighted by Gasteiger charge is 2.19. The molecule has 0 aliphatic heterocycles. The molecule has 1 nitrogen and oxygen atoms in total. The first-order valence-corrected chi connectivity index (χ1v) is 12.5. The van der Waals surface area contributed by atoms with Gasteiger partial charge in [0.25, 0.3) is 0 Å². The average molecular weight is 444 g/mol. The predicted molar refractivity (Wildman–Crippen MR) is 147 cm³/mol. The largest absolute Gasteiger partial charge is 0.343 e. The van der Waals surface area contributed by atoms with Crippen LogP contribution in [0.2, 0.25) is 0 Å². The smallest absolute Gasteiger partial charge is 0.0568 e. The van der Waals surface area contributed by atoms with Crippen molar-refractivity contribution in [2.45, 2.75) is 40.0 Å². The van der Waals surface area contributed by atoms with Crippen LogP contribution >= 0.6 is 0 Å². The lowest BCUT2D eigenvalue weighted by atomic mass is 9.95. The zero-order valence-electron chi connectivity index (χ0n) is 20.7. The zero-order valence-corrected chi connectivity index (χ0v) is 20.7. The minimum atomic E-state index is 1.06. The summed E-state index contributed by atoms with van der Waals surface area (Å²) in [6, 6.07) is 34.1. The zero-order chi connectivity index (χ0) is 23.7. The van der Waals surface area contributed by atoms with Gasteiger partial charge in [-0.2, -0.15) is 0 Å². The SMILES string of the molecule is CCc1ccc(-c2ccc3c(-c4ccc(CC)cc4)c(-c4ccc(CC)cc4)n(C)c3c2)cc1. The number of rotatable bonds is 6. The molecular weight excluding hydrogens is 410 g/mol. The number of hydrogen-bond donors (Lipinski definition) is 0. The second-order valence-electron chi connectivity index (χ2n) is 9.17. The van der Waals surface area contributed by atoms with E-state index in [4.69, 9.17) is 0 Å². The van der Waals surface area contributed by atoms with E-state index in [9.17, 15) is 0 Å². The van der Waals surface area contributed by atoms with Gasteiger partial charge in [-0.3, -0.25) is 0 Å². The van der Waals surface area contributed by atoms with Crippen molar-refractivity contribution in [2.24, 2.45) is 7.05 Å². The summed E-state index contributed by atoms with van der Waals surface area (Å²) in [5.74, 6) is 0. The Labute approximate surface area is 203 Å². The van der Waals surface area contributed by atoms with Crippen molar-refractivity contribution in [3.05, 3.63) is 108 Å². The van der Waals surface area contributed by atoms with Crippen LogP contribution in [0.15, 0.2) is 91.0 Å². The summed E-state index contributed by atoms with van der Waals surface area (Å²) in [7, 11) is 2.21. The molecule has 1 heterocycles. The molecule has 0 unspecified atom stereocenters. The molecule has 1 aromatic heterocycles. The lowest BCUT2D eigenvalue weighted by Gasteiger charge is -2.10. The molecule has 1 heteroatoms. The van der Waals surface area contributed by atoms with Crippen molar-refractivity contribution >= 4 is 10.9 Å². The third-order valence-corrected chi connectivity index (χ3v) is 7.18. The van der Waals surface area contributed by atoms with E-state index in [0.717, 1.165) is 19.3 Å². The first-order chi connectivity index (χ1) is 16.6. The van der Waals surface area contributed by atoms with Gasteiger partial charge < -0.3 is 4.57 Å². The lowest BCUT2D eigenvalue weighted by Crippen LogP contribution is -1.93. The molecule has 0 saturated heterocycles. The van der Waals surface area contributed by atoms with Crippen LogP contribution in [0.25, 0.3) is 44.4 Å². The van der Waals surface area contributed by atoms with Crippen molar-refractivity contribution in [1.29, 1.82) is 0 Å². The van der Waals surface area contributed by atoms with Gasteiger partial charge in [-0.1, -0.05) is 106 Å². The maximum absolute atomic E-state index is 2.38. The molecule has 170 valence electrons. The molecule has 5 aromatic rings. The van der Waals surface area contributed by atoms with Crippen molar-refractivity contribution in [1.82, 2.24) is 4.57 Å². The Balaban J connectivity index is 1.73. The maximum atomic E-state index is 2.38. The normalized spacial score (nSPS) is 11.3. The minimum Gasteiger partial charge on any atom is -0.343 e. The molecule has 5 rings (SSSR count). The molecule has 0 spiro atoms. The molecular formula is C33H33N. The van der Waals surface area contributed by atoms with Gasteiger partial charge in [0.15, 0.2) is 0 Å². The Morgan fingerprint density at radius 2 is 0.941 bits per heavy atom. The fourth-order valence-electron chi connectivity index (χ4n) is 4.98. The number of hydrogen-bond acceptors (Lipinski definition) is 0. The molecule has 0 bridgehead atoms. The number of fused-ring (bicyclic) bond motifs is 1. The van der Waals surface area contributed by atoms with E-state index in [1.54, 1.807) is 0 Å². The second-order valence-corrected chi connectivity index (χ2v) is 9.17. The molecule has 4 aromatic carbocycles. The first-order valence-electron chi connectivity index (χ1n) is 12.5. The molecule has 34 heavy (non-hydrogen) atoms. The van der Waals surface area contributed by atoms with E-state index >= 15 is 0 Å². The second kappa shape index (κ2) is 9.35. The van der Waals surface area contributed by atoms with E-state index in [0.29, 0.717) is 0 Å². The van der Waals surface area contributed by atoms with Gasteiger partial charge in [0.05, 0.1) is 5.69 Å². The molecule has 0 atom stereocenters. The molecule has 0 saturated carbocycles. The van der Waals surface area contributed by atoms with Crippen molar-refractivity contribution in [3.8, 4) is 33.5 Å². The van der Waals surface area contributed by atoms with Gasteiger partial charge in [-0.15, -0.1) is 0 Å². The Bertz CT molecular complexity index is 1420. The lowest BCUT2D eigenvalue weighted by molar-refractivity contribution is 0.978. The summed E-state index contributed by atoms with van der Waals surface area (Å²) < 4.78 is 2.38. The van der Waals surface area contributed by atoms with Crippen LogP contribution in [0.1, 0.15) is 37.5 Å². The Kier molecular flexibility index (Phi) is 6.11. The van der Waals surface area contributed by atoms with E-state index in [2.05, 4.69) is 123 Å². The van der Waals surface area contributed by atoms with Gasteiger partial charge in [-0.25, -0.2) is 0 Å². The minimum absolute atomic E-state index is 1.06. The van der Waals surface area contributed by atoms with Crippen LogP contribution in [-0.2, 0) is 26.3 Å². The fraction of sp³-hybridized carbons (Fsp3) is 0.212. The van der Waals surface area contributed by atoms with Crippen LogP contribution in [0, 0.1) is 0 Å². The van der Waals surface area contributed by atoms with Crippen LogP contribution in [0.5, 0.6) is 0 Å². The summed E-state index contributed by atoms with van der Waals surface area (Å²) in [5.41, 5.74) is 13.0. The van der Waals surface area contributed by atoms with Crippen LogP contribution in [-0.4, -0.2) is 4.57 Å². The molecule has 0 radical (unpaired) electrons. The molecule has 0 amide bonds. The molecule has 0 N–H and O–H groups in total. The highest BCUT2D eigenvalue weighted by atomic mass is 15.0. The number of benzene rings is 4. The number of aromatic nitrogens is 1. The Morgan fingerprint density at radius 3 is 1.44 bits per heavy atom. The highest BCUT2D eigenvalue weighted by Crippen LogP contribution is 2.41. The average Bonchev–Trinajstić information content (AvgIpc) is 3.20. The van der Waals surface area contributed by atoms with Gasteiger partial charge >= 0.3 is 0 Å². The van der Waals surface area contributed by atoms with Gasteiger partial charge in [0.1, 0.15) is 0 Å². The van der Waals surface area contributed by atoms with Crippen LogP contribution < -0.4 is 0 Å². The van der Waals surface area contributed by atoms with Gasteiger partial charge in [-0.05, 0) is 64.3 Å². The summed E-state index contributed by atoms with van der Waals surface area (Å²) >= 11 is 0. The third-order valence-electron chi connectivity index (χ3n) is 7.18. The van der Waals surface area contributed by atoms with Gasteiger partial charge in [0, 0.05) is 23.5 Å². The standard InChI is InChI=1S/C33H33N/c1-5-23-8-14-26(15-9-23)29-20-21-30-31(22-29)34(4)33(28-18-12-25(7-3)13-19-28)32(30)27-16-10-24(6-2)11-17-27/h8-22H,5-7H2,1-4H3. The fourth-order valence-corrected chi connectivity index (χ4v) is 4.98. The molecule has 0 fully saturated rings. The first kappa shape index (κ1) is 22.2. The number of aryl methyl sites for hydroxylation is 4. The Morgan fingerprint density at radius 1 is 0.500 bits per heavy atom. The monoisotopic (exact) mass is 443 g/mol. The highest BCUT2D eigenvalue weighted by molar-refractivity contribution is 6.05. The maximum Gasteiger partial charge on any atom is 0.0568 e. The van der Waals surface area contributed by atoms with Crippen LogP contribution in [0.3, 0.4) is 0 Å². The number of nitrogens with zero attached hydrogens (tertiary/aromatic N) is 1. The molecule has 0 aliphatic carbocycles. The van der Waals surface area contributed by atoms with E-state index in [-0.39, 0.29) is 0 Å². The third kappa shape index (κ3) is 3.96. The van der Waals surface area contributed by atoms with Crippen LogP contribution in [0.4, 0.5) is 0 Å². The summed E-state index contributed by atoms with van der Waals surface area (Å²) in [5, 5.41) is 1.30. The van der Waals surface area contributed by atoms with Crippen molar-refractivity contribution in [2.75, 3.05) is 0 Å². The Hall–Kier alpha value is -3.58. The summed E-state index contributed by atoms with van der Waals surface area (Å²) in [6.45, 7) is 6.62. The molecule has 0 aliphatic rings. The summed E-state index contributed by atoms with van der Waals surface area (Å²) in [4.78, 5) is 0. The summed E-state index contributed by atoms with van der Waals surface area (Å²) in [6.07, 6.45) is 3.18. The quantitative estimate of drug-likeness (QED) is 0.247. The predicted octanol–water partition coefficient (Wildman–Crippen LogP) is 8.87. The van der Waals surface area contributed by atoms with Crippen molar-refractivity contribution < 1.29 is 0 Å². The topological polar surface area (TPSA) is 4.93 Å². The van der Waals surface area contributed by atoms with Crippen molar-refractivity contribution in [3.63, 3.8) is 0 Å². The van der Waals surface area contributed by atoms with E-state index < -0.39 is 0 Å².